The van der Waals surface area contributed by atoms with Crippen molar-refractivity contribution >= 4 is 33.2 Å². The molecule has 31 heavy (non-hydrogen) atoms. The highest BCUT2D eigenvalue weighted by Gasteiger charge is 2.15. The summed E-state index contributed by atoms with van der Waals surface area (Å²) in [6.07, 6.45) is 4.35. The lowest BCUT2D eigenvalue weighted by molar-refractivity contribution is 0.0951. The fraction of sp³-hybridized carbons (Fsp3) is 0.136. The second kappa shape index (κ2) is 9.40. The van der Waals surface area contributed by atoms with Gasteiger partial charge in [0.1, 0.15) is 0 Å². The molecule has 0 spiro atoms. The Kier molecular flexibility index (Phi) is 6.66. The van der Waals surface area contributed by atoms with Crippen molar-refractivity contribution in [2.75, 3.05) is 16.3 Å². The first-order valence-electron chi connectivity index (χ1n) is 9.39. The summed E-state index contributed by atoms with van der Waals surface area (Å²) in [4.78, 5) is 29.4. The molecule has 0 unspecified atom stereocenters. The highest BCUT2D eigenvalue weighted by atomic mass is 32.2. The third-order valence-corrected chi connectivity index (χ3v) is 4.98. The number of para-hydroxylation sites is 1. The molecule has 2 aromatic carbocycles. The maximum Gasteiger partial charge on any atom is 0.255 e. The standard InChI is InChI=1S/C22H22N4O4S/c1-15-9-10-17(12-20(15)26-31(2,29)30)21(27)25-19-8-4-3-7-18(19)22(28)24-14-16-6-5-11-23-13-16/h3-13,26H,14H2,1-2H3,(H,24,28)(H,25,27). The van der Waals surface area contributed by atoms with Gasteiger partial charge in [-0.3, -0.25) is 19.3 Å². The number of carbonyl (C=O) groups excluding carboxylic acids is 2. The highest BCUT2D eigenvalue weighted by molar-refractivity contribution is 7.92. The molecule has 8 nitrogen and oxygen atoms in total. The van der Waals surface area contributed by atoms with Crippen molar-refractivity contribution in [3.63, 3.8) is 0 Å². The van der Waals surface area contributed by atoms with Crippen LogP contribution in [0.1, 0.15) is 31.8 Å². The minimum absolute atomic E-state index is 0.252. The van der Waals surface area contributed by atoms with Crippen LogP contribution >= 0.6 is 0 Å². The molecule has 9 heteroatoms. The van der Waals surface area contributed by atoms with E-state index < -0.39 is 15.9 Å². The summed E-state index contributed by atoms with van der Waals surface area (Å²) < 4.78 is 25.5. The fourth-order valence-electron chi connectivity index (χ4n) is 2.84. The van der Waals surface area contributed by atoms with E-state index >= 15 is 0 Å². The molecule has 3 N–H and O–H groups in total. The molecule has 0 atom stereocenters. The lowest BCUT2D eigenvalue weighted by Gasteiger charge is -2.13. The van der Waals surface area contributed by atoms with Gasteiger partial charge >= 0.3 is 0 Å². The largest absolute Gasteiger partial charge is 0.348 e. The van der Waals surface area contributed by atoms with Gasteiger partial charge in [-0.15, -0.1) is 0 Å². The van der Waals surface area contributed by atoms with Gasteiger partial charge in [0.2, 0.25) is 10.0 Å². The average molecular weight is 439 g/mol. The number of hydrogen-bond acceptors (Lipinski definition) is 5. The summed E-state index contributed by atoms with van der Waals surface area (Å²) in [5.41, 5.74) is 2.75. The van der Waals surface area contributed by atoms with Gasteiger partial charge in [-0.1, -0.05) is 24.3 Å². The topological polar surface area (TPSA) is 117 Å². The first kappa shape index (κ1) is 22.0. The molecule has 1 aromatic heterocycles. The van der Waals surface area contributed by atoms with Crippen LogP contribution in [0, 0.1) is 6.92 Å². The molecular weight excluding hydrogens is 416 g/mol. The molecule has 0 aliphatic heterocycles. The second-order valence-corrected chi connectivity index (χ2v) is 8.70. The van der Waals surface area contributed by atoms with Crippen molar-refractivity contribution in [3.05, 3.63) is 89.2 Å². The Labute approximate surface area is 180 Å². The lowest BCUT2D eigenvalue weighted by Crippen LogP contribution is -2.25. The predicted molar refractivity (Wildman–Crippen MR) is 119 cm³/mol. The summed E-state index contributed by atoms with van der Waals surface area (Å²) in [7, 11) is -3.49. The zero-order valence-corrected chi connectivity index (χ0v) is 17.9. The summed E-state index contributed by atoms with van der Waals surface area (Å²) in [5.74, 6) is -0.813. The first-order chi connectivity index (χ1) is 14.7. The van der Waals surface area contributed by atoms with Crippen molar-refractivity contribution < 1.29 is 18.0 Å². The van der Waals surface area contributed by atoms with Crippen LogP contribution in [0.4, 0.5) is 11.4 Å². The normalized spacial score (nSPS) is 10.9. The van der Waals surface area contributed by atoms with E-state index in [1.54, 1.807) is 61.8 Å². The number of amides is 2. The molecule has 1 heterocycles. The number of hydrogen-bond donors (Lipinski definition) is 3. The van der Waals surface area contributed by atoms with Gasteiger partial charge in [0.25, 0.3) is 11.8 Å². The van der Waals surface area contributed by atoms with Crippen LogP contribution in [0.5, 0.6) is 0 Å². The zero-order valence-electron chi connectivity index (χ0n) is 17.0. The smallest absolute Gasteiger partial charge is 0.255 e. The van der Waals surface area contributed by atoms with Crippen LogP contribution < -0.4 is 15.4 Å². The number of sulfonamides is 1. The van der Waals surface area contributed by atoms with Gasteiger partial charge in [-0.25, -0.2) is 8.42 Å². The molecule has 0 saturated carbocycles. The number of nitrogens with zero attached hydrogens (tertiary/aromatic N) is 1. The summed E-state index contributed by atoms with van der Waals surface area (Å²) >= 11 is 0. The van der Waals surface area contributed by atoms with Gasteiger partial charge in [0, 0.05) is 24.5 Å². The molecule has 0 aliphatic rings. The van der Waals surface area contributed by atoms with Crippen LogP contribution in [-0.2, 0) is 16.6 Å². The zero-order chi connectivity index (χ0) is 22.4. The van der Waals surface area contributed by atoms with E-state index in [9.17, 15) is 18.0 Å². The van der Waals surface area contributed by atoms with Crippen molar-refractivity contribution in [3.8, 4) is 0 Å². The van der Waals surface area contributed by atoms with Crippen LogP contribution in [0.25, 0.3) is 0 Å². The quantitative estimate of drug-likeness (QED) is 0.524. The number of rotatable bonds is 7. The Morgan fingerprint density at radius 3 is 2.45 bits per heavy atom. The average Bonchev–Trinajstić information content (AvgIpc) is 2.73. The molecule has 3 aromatic rings. The Hall–Kier alpha value is -3.72. The van der Waals surface area contributed by atoms with Gasteiger partial charge in [-0.05, 0) is 48.4 Å². The Morgan fingerprint density at radius 1 is 0.968 bits per heavy atom. The molecule has 2 amide bonds. The van der Waals surface area contributed by atoms with Gasteiger partial charge in [-0.2, -0.15) is 0 Å². The van der Waals surface area contributed by atoms with Gasteiger partial charge < -0.3 is 10.6 Å². The summed E-state index contributed by atoms with van der Waals surface area (Å²) in [6.45, 7) is 2.03. The van der Waals surface area contributed by atoms with E-state index in [2.05, 4.69) is 20.3 Å². The van der Waals surface area contributed by atoms with Crippen LogP contribution in [-0.4, -0.2) is 31.5 Å². The number of pyridine rings is 1. The highest BCUT2D eigenvalue weighted by Crippen LogP contribution is 2.21. The van der Waals surface area contributed by atoms with E-state index in [1.807, 2.05) is 6.07 Å². The van der Waals surface area contributed by atoms with Crippen molar-refractivity contribution in [2.45, 2.75) is 13.5 Å². The fourth-order valence-corrected chi connectivity index (χ4v) is 3.46. The number of aromatic nitrogens is 1. The SMILES string of the molecule is Cc1ccc(C(=O)Nc2ccccc2C(=O)NCc2cccnc2)cc1NS(C)(=O)=O. The van der Waals surface area contributed by atoms with Gasteiger partial charge in [0.15, 0.2) is 0 Å². The predicted octanol–water partition coefficient (Wildman–Crippen LogP) is 2.94. The molecule has 160 valence electrons. The van der Waals surface area contributed by atoms with Crippen LogP contribution in [0.15, 0.2) is 67.0 Å². The first-order valence-corrected chi connectivity index (χ1v) is 11.3. The lowest BCUT2D eigenvalue weighted by atomic mass is 10.1. The van der Waals surface area contributed by atoms with E-state index in [-0.39, 0.29) is 11.5 Å². The third-order valence-electron chi connectivity index (χ3n) is 4.39. The van der Waals surface area contributed by atoms with E-state index in [4.69, 9.17) is 0 Å². The molecule has 3 rings (SSSR count). The second-order valence-electron chi connectivity index (χ2n) is 6.95. The molecule has 0 saturated heterocycles. The Morgan fingerprint density at radius 2 is 1.74 bits per heavy atom. The number of anilines is 2. The maximum atomic E-state index is 12.8. The minimum Gasteiger partial charge on any atom is -0.348 e. The van der Waals surface area contributed by atoms with Crippen LogP contribution in [0.3, 0.4) is 0 Å². The van der Waals surface area contributed by atoms with Crippen molar-refractivity contribution in [2.24, 2.45) is 0 Å². The molecule has 0 fully saturated rings. The van der Waals surface area contributed by atoms with Crippen molar-refractivity contribution in [1.82, 2.24) is 10.3 Å². The van der Waals surface area contributed by atoms with Crippen LogP contribution in [0.2, 0.25) is 0 Å². The number of aryl methyl sites for hydroxylation is 1. The molecular formula is C22H22N4O4S. The number of benzene rings is 2. The molecule has 0 radical (unpaired) electrons. The van der Waals surface area contributed by atoms with E-state index in [0.717, 1.165) is 11.8 Å². The molecule has 0 aliphatic carbocycles. The maximum absolute atomic E-state index is 12.8. The molecule has 0 bridgehead atoms. The Balaban J connectivity index is 1.76. The summed E-state index contributed by atoms with van der Waals surface area (Å²) in [6, 6.07) is 15.0. The monoisotopic (exact) mass is 438 g/mol. The Bertz CT molecular complexity index is 1210. The van der Waals surface area contributed by atoms with E-state index in [0.29, 0.717) is 29.0 Å². The number of carbonyl (C=O) groups is 2. The van der Waals surface area contributed by atoms with Crippen molar-refractivity contribution in [1.29, 1.82) is 0 Å². The van der Waals surface area contributed by atoms with Gasteiger partial charge in [0.05, 0.1) is 23.2 Å². The number of nitrogens with one attached hydrogen (secondary N) is 3. The third kappa shape index (κ3) is 6.13. The van der Waals surface area contributed by atoms with E-state index in [1.165, 1.54) is 6.07 Å². The summed E-state index contributed by atoms with van der Waals surface area (Å²) in [5, 5.41) is 5.53. The minimum atomic E-state index is -3.49.